The van der Waals surface area contributed by atoms with Gasteiger partial charge in [-0.1, -0.05) is 17.7 Å². The van der Waals surface area contributed by atoms with Crippen LogP contribution in [-0.4, -0.2) is 63.4 Å². The molecule has 152 valence electrons. The third kappa shape index (κ3) is 4.66. The molecular formula is C18H22ClN3O4S2. The smallest absolute Gasteiger partial charge is 0.252 e. The maximum atomic E-state index is 12.6. The van der Waals surface area contributed by atoms with Gasteiger partial charge in [0.15, 0.2) is 0 Å². The van der Waals surface area contributed by atoms with E-state index in [1.807, 2.05) is 11.8 Å². The Hall–Kier alpha value is -1.65. The van der Waals surface area contributed by atoms with E-state index < -0.39 is 10.0 Å². The second-order valence-corrected chi connectivity index (χ2v) is 9.98. The summed E-state index contributed by atoms with van der Waals surface area (Å²) in [5, 5.41) is 5.16. The number of nitrogens with one attached hydrogen (secondary N) is 1. The van der Waals surface area contributed by atoms with Crippen molar-refractivity contribution in [2.45, 2.75) is 11.1 Å². The standard InChI is InChI=1S/C18H22ClN3O4S2/c1-13-10-15(16(26-2)11-14(13)19)20-17(23)12-21-5-7-22(8-6-21)28(24,25)18-4-3-9-27-18/h3-4,9-11H,5-8,12H2,1-2H3,(H,20,23). The Morgan fingerprint density at radius 3 is 2.61 bits per heavy atom. The predicted octanol–water partition coefficient (Wildman–Crippen LogP) is 2.66. The molecule has 0 aliphatic carbocycles. The number of methoxy groups -OCH3 is 1. The monoisotopic (exact) mass is 443 g/mol. The highest BCUT2D eigenvalue weighted by atomic mass is 35.5. The van der Waals surface area contributed by atoms with Crippen LogP contribution in [0.25, 0.3) is 0 Å². The van der Waals surface area contributed by atoms with E-state index in [0.29, 0.717) is 46.8 Å². The molecule has 0 bridgehead atoms. The number of ether oxygens (including phenoxy) is 1. The number of piperazine rings is 1. The van der Waals surface area contributed by atoms with Gasteiger partial charge < -0.3 is 10.1 Å². The van der Waals surface area contributed by atoms with Gasteiger partial charge in [-0.05, 0) is 30.0 Å². The van der Waals surface area contributed by atoms with Crippen LogP contribution in [0.3, 0.4) is 0 Å². The van der Waals surface area contributed by atoms with E-state index in [0.717, 1.165) is 5.56 Å². The van der Waals surface area contributed by atoms with Gasteiger partial charge in [-0.2, -0.15) is 4.31 Å². The number of sulfonamides is 1. The fourth-order valence-corrected chi connectivity index (χ4v) is 5.71. The van der Waals surface area contributed by atoms with E-state index in [-0.39, 0.29) is 12.5 Å². The fraction of sp³-hybridized carbons (Fsp3) is 0.389. The largest absolute Gasteiger partial charge is 0.495 e. The van der Waals surface area contributed by atoms with E-state index in [1.54, 1.807) is 29.6 Å². The highest BCUT2D eigenvalue weighted by Crippen LogP contribution is 2.31. The number of carbonyl (C=O) groups is 1. The van der Waals surface area contributed by atoms with Crippen LogP contribution in [0.15, 0.2) is 33.9 Å². The first-order valence-corrected chi connectivity index (χ1v) is 11.4. The summed E-state index contributed by atoms with van der Waals surface area (Å²) in [6.07, 6.45) is 0. The number of thiophene rings is 1. The molecule has 2 aromatic rings. The first-order chi connectivity index (χ1) is 13.3. The van der Waals surface area contributed by atoms with Crippen LogP contribution in [0.1, 0.15) is 5.56 Å². The number of rotatable bonds is 6. The van der Waals surface area contributed by atoms with E-state index in [1.165, 1.54) is 22.8 Å². The summed E-state index contributed by atoms with van der Waals surface area (Å²) < 4.78 is 32.2. The first kappa shape index (κ1) is 21.1. The SMILES string of the molecule is COc1cc(Cl)c(C)cc1NC(=O)CN1CCN(S(=O)(=O)c2cccs2)CC1. The molecule has 1 aromatic heterocycles. The van der Waals surface area contributed by atoms with Crippen molar-refractivity contribution in [2.75, 3.05) is 45.2 Å². The second-order valence-electron chi connectivity index (χ2n) is 6.46. The van der Waals surface area contributed by atoms with Crippen molar-refractivity contribution < 1.29 is 17.9 Å². The van der Waals surface area contributed by atoms with Gasteiger partial charge in [-0.15, -0.1) is 11.3 Å². The zero-order valence-electron chi connectivity index (χ0n) is 15.6. The van der Waals surface area contributed by atoms with E-state index >= 15 is 0 Å². The normalized spacial score (nSPS) is 16.1. The molecule has 0 atom stereocenters. The lowest BCUT2D eigenvalue weighted by Crippen LogP contribution is -2.50. The van der Waals surface area contributed by atoms with Crippen LogP contribution in [0, 0.1) is 6.92 Å². The molecule has 7 nitrogen and oxygen atoms in total. The van der Waals surface area contributed by atoms with Crippen molar-refractivity contribution in [3.63, 3.8) is 0 Å². The van der Waals surface area contributed by atoms with E-state index in [2.05, 4.69) is 5.32 Å². The van der Waals surface area contributed by atoms with Crippen molar-refractivity contribution in [3.8, 4) is 5.75 Å². The van der Waals surface area contributed by atoms with Gasteiger partial charge in [0.2, 0.25) is 5.91 Å². The summed E-state index contributed by atoms with van der Waals surface area (Å²) in [6, 6.07) is 6.78. The van der Waals surface area contributed by atoms with Gasteiger partial charge in [0.25, 0.3) is 10.0 Å². The first-order valence-electron chi connectivity index (χ1n) is 8.71. The molecule has 0 unspecified atom stereocenters. The number of anilines is 1. The quantitative estimate of drug-likeness (QED) is 0.742. The van der Waals surface area contributed by atoms with Crippen LogP contribution >= 0.6 is 22.9 Å². The molecule has 1 N–H and O–H groups in total. The zero-order valence-corrected chi connectivity index (χ0v) is 18.0. The number of hydrogen-bond donors (Lipinski definition) is 1. The lowest BCUT2D eigenvalue weighted by molar-refractivity contribution is -0.117. The van der Waals surface area contributed by atoms with Crippen molar-refractivity contribution in [1.29, 1.82) is 0 Å². The molecule has 28 heavy (non-hydrogen) atoms. The second kappa shape index (κ2) is 8.79. The average molecular weight is 444 g/mol. The van der Waals surface area contributed by atoms with Crippen LogP contribution in [0.4, 0.5) is 5.69 Å². The van der Waals surface area contributed by atoms with Crippen LogP contribution < -0.4 is 10.1 Å². The lowest BCUT2D eigenvalue weighted by atomic mass is 10.2. The van der Waals surface area contributed by atoms with Crippen LogP contribution in [-0.2, 0) is 14.8 Å². The summed E-state index contributed by atoms with van der Waals surface area (Å²) in [5.74, 6) is 0.311. The third-order valence-electron chi connectivity index (χ3n) is 4.54. The number of nitrogens with zero attached hydrogens (tertiary/aromatic N) is 2. The Kier molecular flexibility index (Phi) is 6.61. The predicted molar refractivity (Wildman–Crippen MR) is 111 cm³/mol. The molecule has 2 heterocycles. The van der Waals surface area contributed by atoms with E-state index in [9.17, 15) is 13.2 Å². The molecule has 1 aliphatic heterocycles. The Bertz CT molecular complexity index is 940. The summed E-state index contributed by atoms with van der Waals surface area (Å²) in [4.78, 5) is 14.4. The van der Waals surface area contributed by atoms with Gasteiger partial charge in [-0.25, -0.2) is 8.42 Å². The van der Waals surface area contributed by atoms with Crippen LogP contribution in [0.2, 0.25) is 5.02 Å². The maximum absolute atomic E-state index is 12.6. The zero-order chi connectivity index (χ0) is 20.3. The Morgan fingerprint density at radius 2 is 2.00 bits per heavy atom. The van der Waals surface area contributed by atoms with Crippen molar-refractivity contribution >= 4 is 44.6 Å². The topological polar surface area (TPSA) is 79.0 Å². The molecule has 10 heteroatoms. The minimum atomic E-state index is -3.44. The molecule has 1 saturated heterocycles. The van der Waals surface area contributed by atoms with E-state index in [4.69, 9.17) is 16.3 Å². The summed E-state index contributed by atoms with van der Waals surface area (Å²) in [7, 11) is -1.92. The molecule has 1 fully saturated rings. The Labute approximate surface area is 173 Å². The number of aryl methyl sites for hydroxylation is 1. The fourth-order valence-electron chi connectivity index (χ4n) is 2.99. The Morgan fingerprint density at radius 1 is 1.29 bits per heavy atom. The number of halogens is 1. The highest BCUT2D eigenvalue weighted by molar-refractivity contribution is 7.91. The molecule has 1 aromatic carbocycles. The Balaban J connectivity index is 1.57. The number of hydrogen-bond acceptors (Lipinski definition) is 6. The molecule has 0 spiro atoms. The molecule has 3 rings (SSSR count). The minimum Gasteiger partial charge on any atom is -0.495 e. The van der Waals surface area contributed by atoms with Gasteiger partial charge in [0.1, 0.15) is 9.96 Å². The van der Waals surface area contributed by atoms with Gasteiger partial charge in [0, 0.05) is 37.3 Å². The lowest BCUT2D eigenvalue weighted by Gasteiger charge is -2.33. The van der Waals surface area contributed by atoms with Crippen molar-refractivity contribution in [3.05, 3.63) is 40.2 Å². The van der Waals surface area contributed by atoms with Gasteiger partial charge >= 0.3 is 0 Å². The average Bonchev–Trinajstić information content (AvgIpc) is 3.20. The molecular weight excluding hydrogens is 422 g/mol. The van der Waals surface area contributed by atoms with Gasteiger partial charge in [-0.3, -0.25) is 9.69 Å². The minimum absolute atomic E-state index is 0.178. The molecule has 0 saturated carbocycles. The summed E-state index contributed by atoms with van der Waals surface area (Å²) >= 11 is 7.30. The number of carbonyl (C=O) groups excluding carboxylic acids is 1. The van der Waals surface area contributed by atoms with Crippen molar-refractivity contribution in [2.24, 2.45) is 0 Å². The highest BCUT2D eigenvalue weighted by Gasteiger charge is 2.29. The van der Waals surface area contributed by atoms with Crippen molar-refractivity contribution in [1.82, 2.24) is 9.21 Å². The molecule has 0 radical (unpaired) electrons. The summed E-state index contributed by atoms with van der Waals surface area (Å²) in [6.45, 7) is 3.74. The summed E-state index contributed by atoms with van der Waals surface area (Å²) in [5.41, 5.74) is 1.40. The number of benzene rings is 1. The van der Waals surface area contributed by atoms with Crippen LogP contribution in [0.5, 0.6) is 5.75 Å². The third-order valence-corrected chi connectivity index (χ3v) is 8.22. The number of amides is 1. The van der Waals surface area contributed by atoms with Gasteiger partial charge in [0.05, 0.1) is 19.3 Å². The molecule has 1 aliphatic rings. The maximum Gasteiger partial charge on any atom is 0.252 e. The molecule has 1 amide bonds.